The Kier molecular flexibility index (Phi) is 6.93. The number of amides is 2. The highest BCUT2D eigenvalue weighted by Crippen LogP contribution is 2.44. The molecule has 0 atom stereocenters. The molecule has 0 aromatic heterocycles. The van der Waals surface area contributed by atoms with Crippen molar-refractivity contribution in [2.45, 2.75) is 31.7 Å². The fraction of sp³-hybridized carbons (Fsp3) is 0.222. The van der Waals surface area contributed by atoms with Gasteiger partial charge in [-0.25, -0.2) is 9.59 Å². The van der Waals surface area contributed by atoms with Crippen LogP contribution in [0.15, 0.2) is 71.2 Å². The summed E-state index contributed by atoms with van der Waals surface area (Å²) < 4.78 is 6.14. The second kappa shape index (κ2) is 9.92. The maximum Gasteiger partial charge on any atom is 0.407 e. The number of carbonyl (C=O) groups excluding carboxylic acids is 2. The van der Waals surface area contributed by atoms with Crippen LogP contribution in [0.5, 0.6) is 0 Å². The van der Waals surface area contributed by atoms with Crippen molar-refractivity contribution in [2.24, 2.45) is 0 Å². The summed E-state index contributed by atoms with van der Waals surface area (Å²) in [5.74, 6) is -1.53. The standard InChI is InChI=1S/C27H25BrN2O5/c1-27(2,14-24(31)29-23-13-16(25(32)33)11-12-22(23)28)30-26(34)35-15-21-19-9-5-3-7-17(19)18-8-4-6-10-20(18)21/h3-13,21H,14-15H2,1-2H3,(H,29,31)(H,30,34)(H,32,33). The van der Waals surface area contributed by atoms with Crippen molar-refractivity contribution >= 4 is 39.6 Å². The van der Waals surface area contributed by atoms with E-state index in [2.05, 4.69) is 38.7 Å². The Morgan fingerprint density at radius 2 is 1.57 bits per heavy atom. The van der Waals surface area contributed by atoms with E-state index in [1.807, 2.05) is 36.4 Å². The fourth-order valence-electron chi connectivity index (χ4n) is 4.30. The Hall–Kier alpha value is -3.65. The van der Waals surface area contributed by atoms with Crippen LogP contribution in [-0.4, -0.2) is 35.2 Å². The van der Waals surface area contributed by atoms with Crippen molar-refractivity contribution in [1.82, 2.24) is 5.32 Å². The predicted octanol–water partition coefficient (Wildman–Crippen LogP) is 5.79. The molecule has 4 rings (SSSR count). The Bertz CT molecular complexity index is 1260. The predicted molar refractivity (Wildman–Crippen MR) is 137 cm³/mol. The van der Waals surface area contributed by atoms with Gasteiger partial charge >= 0.3 is 12.1 Å². The molecule has 3 aromatic carbocycles. The molecule has 0 fully saturated rings. The summed E-state index contributed by atoms with van der Waals surface area (Å²) in [7, 11) is 0. The molecule has 0 spiro atoms. The molecule has 0 radical (unpaired) electrons. The first kappa shape index (κ1) is 24.5. The zero-order valence-corrected chi connectivity index (χ0v) is 20.9. The number of ether oxygens (including phenoxy) is 1. The summed E-state index contributed by atoms with van der Waals surface area (Å²) in [6, 6.07) is 20.5. The van der Waals surface area contributed by atoms with Crippen molar-refractivity contribution in [1.29, 1.82) is 0 Å². The molecule has 0 unspecified atom stereocenters. The minimum absolute atomic E-state index is 0.0407. The number of carbonyl (C=O) groups is 3. The number of carboxylic acid groups (broad SMARTS) is 1. The fourth-order valence-corrected chi connectivity index (χ4v) is 4.65. The number of benzene rings is 3. The number of hydrogen-bond acceptors (Lipinski definition) is 4. The highest BCUT2D eigenvalue weighted by molar-refractivity contribution is 9.10. The van der Waals surface area contributed by atoms with Crippen molar-refractivity contribution in [3.63, 3.8) is 0 Å². The normalized spacial score (nSPS) is 12.4. The first-order chi connectivity index (χ1) is 16.6. The van der Waals surface area contributed by atoms with Crippen LogP contribution < -0.4 is 10.6 Å². The van der Waals surface area contributed by atoms with E-state index in [0.29, 0.717) is 10.2 Å². The minimum Gasteiger partial charge on any atom is -0.478 e. The molecule has 1 aliphatic rings. The molecule has 0 heterocycles. The van der Waals surface area contributed by atoms with Gasteiger partial charge in [0.05, 0.1) is 11.3 Å². The van der Waals surface area contributed by atoms with Crippen molar-refractivity contribution in [3.05, 3.63) is 87.9 Å². The molecule has 35 heavy (non-hydrogen) atoms. The van der Waals surface area contributed by atoms with E-state index < -0.39 is 17.6 Å². The number of rotatable bonds is 7. The van der Waals surface area contributed by atoms with Crippen LogP contribution in [-0.2, 0) is 9.53 Å². The van der Waals surface area contributed by atoms with E-state index >= 15 is 0 Å². The molecule has 0 aliphatic heterocycles. The summed E-state index contributed by atoms with van der Waals surface area (Å²) in [4.78, 5) is 36.4. The van der Waals surface area contributed by atoms with E-state index in [1.165, 1.54) is 12.1 Å². The van der Waals surface area contributed by atoms with Gasteiger partial charge in [-0.2, -0.15) is 0 Å². The Morgan fingerprint density at radius 1 is 0.971 bits per heavy atom. The zero-order chi connectivity index (χ0) is 25.2. The lowest BCUT2D eigenvalue weighted by atomic mass is 9.98. The molecule has 180 valence electrons. The zero-order valence-electron chi connectivity index (χ0n) is 19.3. The van der Waals surface area contributed by atoms with Crippen LogP contribution in [0, 0.1) is 0 Å². The summed E-state index contributed by atoms with van der Waals surface area (Å²) in [5.41, 5.74) is 4.03. The van der Waals surface area contributed by atoms with Gasteiger partial charge in [-0.15, -0.1) is 0 Å². The number of anilines is 1. The smallest absolute Gasteiger partial charge is 0.407 e. The number of nitrogens with one attached hydrogen (secondary N) is 2. The molecular weight excluding hydrogens is 512 g/mol. The van der Waals surface area contributed by atoms with Gasteiger partial charge in [-0.05, 0) is 70.2 Å². The average molecular weight is 537 g/mol. The Morgan fingerprint density at radius 3 is 2.17 bits per heavy atom. The van der Waals surface area contributed by atoms with Gasteiger partial charge in [0.15, 0.2) is 0 Å². The lowest BCUT2D eigenvalue weighted by Crippen LogP contribution is -2.46. The van der Waals surface area contributed by atoms with E-state index in [4.69, 9.17) is 9.84 Å². The lowest BCUT2D eigenvalue weighted by Gasteiger charge is -2.26. The second-order valence-corrected chi connectivity index (χ2v) is 9.91. The lowest BCUT2D eigenvalue weighted by molar-refractivity contribution is -0.117. The van der Waals surface area contributed by atoms with E-state index in [-0.39, 0.29) is 30.4 Å². The molecule has 3 aromatic rings. The summed E-state index contributed by atoms with van der Waals surface area (Å²) >= 11 is 3.31. The Labute approximate surface area is 211 Å². The van der Waals surface area contributed by atoms with Gasteiger partial charge in [-0.3, -0.25) is 4.79 Å². The van der Waals surface area contributed by atoms with Crippen LogP contribution in [0.1, 0.15) is 47.7 Å². The first-order valence-electron chi connectivity index (χ1n) is 11.1. The quantitative estimate of drug-likeness (QED) is 0.354. The van der Waals surface area contributed by atoms with Gasteiger partial charge in [0.25, 0.3) is 0 Å². The Balaban J connectivity index is 1.36. The van der Waals surface area contributed by atoms with Crippen molar-refractivity contribution < 1.29 is 24.2 Å². The molecule has 2 amide bonds. The molecule has 1 aliphatic carbocycles. The van der Waals surface area contributed by atoms with Crippen LogP contribution in [0.4, 0.5) is 10.5 Å². The highest BCUT2D eigenvalue weighted by Gasteiger charge is 2.30. The van der Waals surface area contributed by atoms with E-state index in [1.54, 1.807) is 19.9 Å². The van der Waals surface area contributed by atoms with Crippen LogP contribution in [0.25, 0.3) is 11.1 Å². The summed E-state index contributed by atoms with van der Waals surface area (Å²) in [6.07, 6.45) is -0.653. The SMILES string of the molecule is CC(C)(CC(=O)Nc1cc(C(=O)O)ccc1Br)NC(=O)OCC1c2ccccc2-c2ccccc21. The summed E-state index contributed by atoms with van der Waals surface area (Å²) in [6.45, 7) is 3.62. The molecule has 3 N–H and O–H groups in total. The number of carboxylic acids is 1. The van der Waals surface area contributed by atoms with Gasteiger partial charge in [0, 0.05) is 22.4 Å². The molecular formula is C27H25BrN2O5. The van der Waals surface area contributed by atoms with Crippen molar-refractivity contribution in [2.75, 3.05) is 11.9 Å². The first-order valence-corrected chi connectivity index (χ1v) is 11.9. The van der Waals surface area contributed by atoms with Gasteiger partial charge < -0.3 is 20.5 Å². The highest BCUT2D eigenvalue weighted by atomic mass is 79.9. The largest absolute Gasteiger partial charge is 0.478 e. The van der Waals surface area contributed by atoms with Crippen LogP contribution in [0.2, 0.25) is 0 Å². The van der Waals surface area contributed by atoms with Crippen molar-refractivity contribution in [3.8, 4) is 11.1 Å². The monoisotopic (exact) mass is 536 g/mol. The molecule has 8 heteroatoms. The second-order valence-electron chi connectivity index (χ2n) is 9.06. The number of hydrogen-bond donors (Lipinski definition) is 3. The maximum atomic E-state index is 12.6. The van der Waals surface area contributed by atoms with Gasteiger partial charge in [0.2, 0.25) is 5.91 Å². The van der Waals surface area contributed by atoms with E-state index in [0.717, 1.165) is 22.3 Å². The third kappa shape index (κ3) is 5.54. The van der Waals surface area contributed by atoms with Crippen LogP contribution >= 0.6 is 15.9 Å². The number of fused-ring (bicyclic) bond motifs is 3. The third-order valence-electron chi connectivity index (χ3n) is 5.87. The summed E-state index contributed by atoms with van der Waals surface area (Å²) in [5, 5.41) is 14.6. The molecule has 0 saturated heterocycles. The number of alkyl carbamates (subject to hydrolysis) is 1. The average Bonchev–Trinajstić information content (AvgIpc) is 3.12. The number of halogens is 1. The third-order valence-corrected chi connectivity index (χ3v) is 6.57. The molecule has 0 saturated carbocycles. The molecule has 0 bridgehead atoms. The van der Waals surface area contributed by atoms with Gasteiger partial charge in [0.1, 0.15) is 6.61 Å². The number of aromatic carboxylic acids is 1. The molecule has 7 nitrogen and oxygen atoms in total. The maximum absolute atomic E-state index is 12.6. The van der Waals surface area contributed by atoms with E-state index in [9.17, 15) is 14.4 Å². The topological polar surface area (TPSA) is 105 Å². The minimum atomic E-state index is -1.09. The van der Waals surface area contributed by atoms with Crippen LogP contribution in [0.3, 0.4) is 0 Å². The van der Waals surface area contributed by atoms with Gasteiger partial charge in [-0.1, -0.05) is 48.5 Å².